The molecular formula is C15H21NO2. The summed E-state index contributed by atoms with van der Waals surface area (Å²) in [5.74, 6) is -0.144. The van der Waals surface area contributed by atoms with E-state index in [-0.39, 0.29) is 19.1 Å². The average Bonchev–Trinajstić information content (AvgIpc) is 2.36. The van der Waals surface area contributed by atoms with Gasteiger partial charge in [-0.3, -0.25) is 4.79 Å². The summed E-state index contributed by atoms with van der Waals surface area (Å²) < 4.78 is 0. The molecule has 0 aromatic heterocycles. The molecule has 3 nitrogen and oxygen atoms in total. The normalized spacial score (nSPS) is 10.0. The van der Waals surface area contributed by atoms with Crippen LogP contribution < -0.4 is 5.32 Å². The third-order valence-electron chi connectivity index (χ3n) is 2.94. The number of benzene rings is 1. The van der Waals surface area contributed by atoms with E-state index < -0.39 is 0 Å². The van der Waals surface area contributed by atoms with Gasteiger partial charge in [-0.05, 0) is 44.9 Å². The van der Waals surface area contributed by atoms with Gasteiger partial charge in [0.1, 0.15) is 0 Å². The summed E-state index contributed by atoms with van der Waals surface area (Å²) in [6.07, 6.45) is 0.918. The van der Waals surface area contributed by atoms with Gasteiger partial charge in [0.15, 0.2) is 0 Å². The molecule has 2 N–H and O–H groups in total. The van der Waals surface area contributed by atoms with Gasteiger partial charge in [-0.1, -0.05) is 23.3 Å². The Morgan fingerprint density at radius 2 is 1.78 bits per heavy atom. The van der Waals surface area contributed by atoms with Gasteiger partial charge in [0.2, 0.25) is 0 Å². The van der Waals surface area contributed by atoms with Gasteiger partial charge >= 0.3 is 0 Å². The average molecular weight is 247 g/mol. The summed E-state index contributed by atoms with van der Waals surface area (Å²) >= 11 is 0. The highest BCUT2D eigenvalue weighted by Crippen LogP contribution is 2.12. The predicted octanol–water partition coefficient (Wildman–Crippen LogP) is 2.31. The lowest BCUT2D eigenvalue weighted by Gasteiger charge is -2.06. The fourth-order valence-corrected chi connectivity index (χ4v) is 1.53. The lowest BCUT2D eigenvalue weighted by molar-refractivity contribution is 0.0945. The number of rotatable bonds is 5. The molecule has 0 radical (unpaired) electrons. The molecule has 0 saturated carbocycles. The molecule has 0 spiro atoms. The Morgan fingerprint density at radius 1 is 1.17 bits per heavy atom. The summed E-state index contributed by atoms with van der Waals surface area (Å²) in [7, 11) is 0. The van der Waals surface area contributed by atoms with Crippen LogP contribution in [0.1, 0.15) is 36.7 Å². The minimum Gasteiger partial charge on any atom is -0.395 e. The molecule has 1 rings (SSSR count). The quantitative estimate of drug-likeness (QED) is 0.784. The van der Waals surface area contributed by atoms with E-state index in [2.05, 4.69) is 26.1 Å². The number of hydrogen-bond donors (Lipinski definition) is 2. The Kier molecular flexibility index (Phi) is 5.59. The Hall–Kier alpha value is -1.61. The highest BCUT2D eigenvalue weighted by atomic mass is 16.3. The van der Waals surface area contributed by atoms with Crippen LogP contribution in [-0.4, -0.2) is 24.2 Å². The summed E-state index contributed by atoms with van der Waals surface area (Å²) in [4.78, 5) is 11.6. The van der Waals surface area contributed by atoms with Crippen LogP contribution in [0.3, 0.4) is 0 Å². The Balaban J connectivity index is 2.68. The van der Waals surface area contributed by atoms with E-state index in [1.807, 2.05) is 24.3 Å². The van der Waals surface area contributed by atoms with Crippen LogP contribution in [0.4, 0.5) is 0 Å². The summed E-state index contributed by atoms with van der Waals surface area (Å²) in [5.41, 5.74) is 4.52. The second kappa shape index (κ2) is 6.97. The van der Waals surface area contributed by atoms with Crippen LogP contribution >= 0.6 is 0 Å². The Labute approximate surface area is 109 Å². The lowest BCUT2D eigenvalue weighted by Crippen LogP contribution is -2.26. The van der Waals surface area contributed by atoms with E-state index in [1.165, 1.54) is 16.7 Å². The van der Waals surface area contributed by atoms with E-state index >= 15 is 0 Å². The molecule has 1 amide bonds. The van der Waals surface area contributed by atoms with Crippen molar-refractivity contribution in [3.8, 4) is 0 Å². The van der Waals surface area contributed by atoms with Gasteiger partial charge < -0.3 is 10.4 Å². The first kappa shape index (κ1) is 14.5. The minimum atomic E-state index is -0.144. The standard InChI is InChI=1S/C15H21NO2/c1-11(2)12(3)10-13-4-6-14(7-5-13)15(18)16-8-9-17/h4-7,17H,8-10H2,1-3H3,(H,16,18). The summed E-state index contributed by atoms with van der Waals surface area (Å²) in [5, 5.41) is 11.3. The fourth-order valence-electron chi connectivity index (χ4n) is 1.53. The molecule has 0 fully saturated rings. The van der Waals surface area contributed by atoms with Crippen molar-refractivity contribution in [3.63, 3.8) is 0 Å². The molecule has 0 unspecified atom stereocenters. The van der Waals surface area contributed by atoms with Crippen molar-refractivity contribution in [2.75, 3.05) is 13.2 Å². The number of nitrogens with one attached hydrogen (secondary N) is 1. The maximum atomic E-state index is 11.6. The van der Waals surface area contributed by atoms with Crippen molar-refractivity contribution in [1.82, 2.24) is 5.32 Å². The molecule has 0 bridgehead atoms. The van der Waals surface area contributed by atoms with Gasteiger partial charge in [0, 0.05) is 12.1 Å². The molecule has 1 aromatic rings. The molecule has 0 atom stereocenters. The summed E-state index contributed by atoms with van der Waals surface area (Å²) in [6, 6.07) is 7.58. The van der Waals surface area contributed by atoms with Gasteiger partial charge in [-0.25, -0.2) is 0 Å². The molecule has 0 saturated heterocycles. The first-order chi connectivity index (χ1) is 8.54. The molecule has 18 heavy (non-hydrogen) atoms. The predicted molar refractivity (Wildman–Crippen MR) is 73.6 cm³/mol. The fraction of sp³-hybridized carbons (Fsp3) is 0.400. The minimum absolute atomic E-state index is 0.0381. The molecule has 98 valence electrons. The first-order valence-electron chi connectivity index (χ1n) is 6.15. The zero-order valence-corrected chi connectivity index (χ0v) is 11.3. The molecule has 0 aliphatic carbocycles. The zero-order chi connectivity index (χ0) is 13.5. The van der Waals surface area contributed by atoms with E-state index in [0.29, 0.717) is 5.56 Å². The van der Waals surface area contributed by atoms with Crippen LogP contribution in [0.15, 0.2) is 35.4 Å². The van der Waals surface area contributed by atoms with Crippen LogP contribution in [0.2, 0.25) is 0 Å². The number of aliphatic hydroxyl groups is 1. The second-order valence-corrected chi connectivity index (χ2v) is 4.63. The highest BCUT2D eigenvalue weighted by Gasteiger charge is 2.04. The Morgan fingerprint density at radius 3 is 2.28 bits per heavy atom. The number of aliphatic hydroxyl groups excluding tert-OH is 1. The SMILES string of the molecule is CC(C)=C(C)Cc1ccc(C(=O)NCCO)cc1. The monoisotopic (exact) mass is 247 g/mol. The van der Waals surface area contributed by atoms with Crippen LogP contribution in [0, 0.1) is 0 Å². The molecule has 0 aliphatic heterocycles. The first-order valence-corrected chi connectivity index (χ1v) is 6.15. The molecule has 3 heteroatoms. The van der Waals surface area contributed by atoms with Crippen molar-refractivity contribution in [2.45, 2.75) is 27.2 Å². The van der Waals surface area contributed by atoms with E-state index in [9.17, 15) is 4.79 Å². The lowest BCUT2D eigenvalue weighted by atomic mass is 10.0. The Bertz CT molecular complexity index is 428. The van der Waals surface area contributed by atoms with Crippen molar-refractivity contribution >= 4 is 5.91 Å². The maximum absolute atomic E-state index is 11.6. The number of amides is 1. The van der Waals surface area contributed by atoms with Gasteiger partial charge in [0.05, 0.1) is 6.61 Å². The molecule has 0 heterocycles. The van der Waals surface area contributed by atoms with Gasteiger partial charge in [-0.2, -0.15) is 0 Å². The number of carbonyl (C=O) groups excluding carboxylic acids is 1. The van der Waals surface area contributed by atoms with E-state index in [0.717, 1.165) is 6.42 Å². The smallest absolute Gasteiger partial charge is 0.251 e. The zero-order valence-electron chi connectivity index (χ0n) is 11.3. The topological polar surface area (TPSA) is 49.3 Å². The third kappa shape index (κ3) is 4.34. The van der Waals surface area contributed by atoms with Crippen molar-refractivity contribution < 1.29 is 9.90 Å². The van der Waals surface area contributed by atoms with Crippen molar-refractivity contribution in [2.24, 2.45) is 0 Å². The van der Waals surface area contributed by atoms with Crippen LogP contribution in [0.25, 0.3) is 0 Å². The highest BCUT2D eigenvalue weighted by molar-refractivity contribution is 5.94. The van der Waals surface area contributed by atoms with Crippen molar-refractivity contribution in [3.05, 3.63) is 46.5 Å². The second-order valence-electron chi connectivity index (χ2n) is 4.63. The van der Waals surface area contributed by atoms with Gasteiger partial charge in [0.25, 0.3) is 5.91 Å². The maximum Gasteiger partial charge on any atom is 0.251 e. The number of carbonyl (C=O) groups is 1. The van der Waals surface area contributed by atoms with Crippen LogP contribution in [-0.2, 0) is 6.42 Å². The van der Waals surface area contributed by atoms with Gasteiger partial charge in [-0.15, -0.1) is 0 Å². The largest absolute Gasteiger partial charge is 0.395 e. The molecule has 1 aromatic carbocycles. The molecule has 0 aliphatic rings. The van der Waals surface area contributed by atoms with Crippen LogP contribution in [0.5, 0.6) is 0 Å². The molecular weight excluding hydrogens is 226 g/mol. The third-order valence-corrected chi connectivity index (χ3v) is 2.94. The number of hydrogen-bond acceptors (Lipinski definition) is 2. The number of allylic oxidation sites excluding steroid dienone is 2. The van der Waals surface area contributed by atoms with E-state index in [1.54, 1.807) is 0 Å². The van der Waals surface area contributed by atoms with Crippen molar-refractivity contribution in [1.29, 1.82) is 0 Å². The summed E-state index contributed by atoms with van der Waals surface area (Å²) in [6.45, 7) is 6.58. The van der Waals surface area contributed by atoms with E-state index in [4.69, 9.17) is 5.11 Å².